The molecule has 2 aliphatic rings. The maximum atomic E-state index is 12.4. The summed E-state index contributed by atoms with van der Waals surface area (Å²) in [5.74, 6) is -0.0961. The van der Waals surface area contributed by atoms with Gasteiger partial charge in [0.05, 0.1) is 6.54 Å². The van der Waals surface area contributed by atoms with E-state index >= 15 is 0 Å². The van der Waals surface area contributed by atoms with E-state index in [9.17, 15) is 18.0 Å². The van der Waals surface area contributed by atoms with E-state index in [1.165, 1.54) is 6.42 Å². The molecular weight excluding hydrogens is 408 g/mol. The van der Waals surface area contributed by atoms with Crippen molar-refractivity contribution in [2.75, 3.05) is 19.6 Å². The lowest BCUT2D eigenvalue weighted by molar-refractivity contribution is -0.144. The van der Waals surface area contributed by atoms with Gasteiger partial charge in [0, 0.05) is 12.5 Å². The van der Waals surface area contributed by atoms with Gasteiger partial charge in [0.15, 0.2) is 0 Å². The highest BCUT2D eigenvalue weighted by atomic mass is 35.5. The molecule has 1 amide bonds. The summed E-state index contributed by atoms with van der Waals surface area (Å²) in [5.41, 5.74) is 0. The first-order valence-electron chi connectivity index (χ1n) is 8.61. The first kappa shape index (κ1) is 23.9. The summed E-state index contributed by atoms with van der Waals surface area (Å²) < 4.78 is 37.2. The fourth-order valence-electron chi connectivity index (χ4n) is 3.61. The van der Waals surface area contributed by atoms with Crippen molar-refractivity contribution in [2.45, 2.75) is 44.4 Å². The van der Waals surface area contributed by atoms with E-state index < -0.39 is 12.0 Å². The molecular formula is C15H25Cl2F3N6O. The topological polar surface area (TPSA) is 94.7 Å². The van der Waals surface area contributed by atoms with Gasteiger partial charge in [-0.2, -0.15) is 13.2 Å². The number of hydrogen-bond donors (Lipinski definition) is 4. The zero-order chi connectivity index (χ0) is 17.9. The maximum absolute atomic E-state index is 12.4. The van der Waals surface area contributed by atoms with Crippen LogP contribution in [0.5, 0.6) is 0 Å². The van der Waals surface area contributed by atoms with Crippen LogP contribution in [0.4, 0.5) is 13.2 Å². The molecule has 0 spiro atoms. The number of aromatic nitrogens is 3. The molecule has 0 radical (unpaired) electrons. The maximum Gasteiger partial charge on any atom is 0.453 e. The Labute approximate surface area is 167 Å². The molecule has 0 aliphatic carbocycles. The van der Waals surface area contributed by atoms with E-state index in [-0.39, 0.29) is 43.1 Å². The summed E-state index contributed by atoms with van der Waals surface area (Å²) >= 11 is 0. The van der Waals surface area contributed by atoms with Gasteiger partial charge in [0.2, 0.25) is 5.91 Å². The van der Waals surface area contributed by atoms with Crippen molar-refractivity contribution in [2.24, 2.45) is 11.8 Å². The summed E-state index contributed by atoms with van der Waals surface area (Å²) in [6.45, 7) is 3.04. The van der Waals surface area contributed by atoms with Crippen molar-refractivity contribution in [3.05, 3.63) is 11.6 Å². The third-order valence-electron chi connectivity index (χ3n) is 4.87. The van der Waals surface area contributed by atoms with Gasteiger partial charge in [-0.3, -0.25) is 9.89 Å². The Balaban J connectivity index is 0.00000182. The molecule has 27 heavy (non-hydrogen) atoms. The van der Waals surface area contributed by atoms with E-state index in [1.807, 2.05) is 0 Å². The number of nitrogens with zero attached hydrogens (tertiary/aromatic N) is 2. The van der Waals surface area contributed by atoms with Crippen LogP contribution >= 0.6 is 24.8 Å². The van der Waals surface area contributed by atoms with Crippen LogP contribution in [0, 0.1) is 11.8 Å². The molecule has 0 unspecified atom stereocenters. The van der Waals surface area contributed by atoms with Crippen molar-refractivity contribution in [3.8, 4) is 0 Å². The zero-order valence-electron chi connectivity index (χ0n) is 14.6. The molecule has 2 saturated heterocycles. The molecule has 3 rings (SSSR count). The molecule has 12 heteroatoms. The molecule has 2 bridgehead atoms. The van der Waals surface area contributed by atoms with E-state index in [0.717, 1.165) is 32.5 Å². The fourth-order valence-corrected chi connectivity index (χ4v) is 3.61. The van der Waals surface area contributed by atoms with Crippen LogP contribution in [-0.2, 0) is 17.5 Å². The lowest BCUT2D eigenvalue weighted by Crippen LogP contribution is -2.54. The number of H-pyrrole nitrogens is 1. The van der Waals surface area contributed by atoms with Gasteiger partial charge in [0.1, 0.15) is 5.82 Å². The number of fused-ring (bicyclic) bond motifs is 2. The Bertz CT molecular complexity index is 600. The molecule has 7 nitrogen and oxygen atoms in total. The molecule has 3 heterocycles. The van der Waals surface area contributed by atoms with Crippen LogP contribution in [-0.4, -0.2) is 46.8 Å². The monoisotopic (exact) mass is 432 g/mol. The van der Waals surface area contributed by atoms with Crippen LogP contribution in [0.1, 0.15) is 37.3 Å². The van der Waals surface area contributed by atoms with Crippen LogP contribution in [0.15, 0.2) is 0 Å². The summed E-state index contributed by atoms with van der Waals surface area (Å²) in [6.07, 6.45) is -1.33. The van der Waals surface area contributed by atoms with Crippen LogP contribution in [0.2, 0.25) is 0 Å². The van der Waals surface area contributed by atoms with Crippen molar-refractivity contribution in [1.29, 1.82) is 0 Å². The second-order valence-corrected chi connectivity index (χ2v) is 6.81. The van der Waals surface area contributed by atoms with Gasteiger partial charge < -0.3 is 16.0 Å². The second-order valence-electron chi connectivity index (χ2n) is 6.81. The summed E-state index contributed by atoms with van der Waals surface area (Å²) in [7, 11) is 0. The number of alkyl halides is 3. The van der Waals surface area contributed by atoms with E-state index in [1.54, 1.807) is 0 Å². The number of aromatic amines is 1. The van der Waals surface area contributed by atoms with Crippen LogP contribution in [0.25, 0.3) is 0 Å². The lowest BCUT2D eigenvalue weighted by Gasteiger charge is -2.41. The van der Waals surface area contributed by atoms with Gasteiger partial charge in [-0.25, -0.2) is 4.98 Å². The van der Waals surface area contributed by atoms with Crippen molar-refractivity contribution < 1.29 is 18.0 Å². The predicted molar refractivity (Wildman–Crippen MR) is 97.8 cm³/mol. The number of halogens is 5. The molecule has 1 aromatic rings. The first-order chi connectivity index (χ1) is 11.9. The van der Waals surface area contributed by atoms with E-state index in [2.05, 4.69) is 31.1 Å². The number of nitrogens with one attached hydrogen (secondary N) is 4. The number of rotatable bonds is 6. The lowest BCUT2D eigenvalue weighted by atomic mass is 9.80. The third-order valence-corrected chi connectivity index (χ3v) is 4.87. The van der Waals surface area contributed by atoms with E-state index in [4.69, 9.17) is 0 Å². The molecule has 156 valence electrons. The zero-order valence-corrected chi connectivity index (χ0v) is 16.3. The highest BCUT2D eigenvalue weighted by molar-refractivity contribution is 5.85. The predicted octanol–water partition coefficient (Wildman–Crippen LogP) is 1.65. The smallest absolute Gasteiger partial charge is 0.349 e. The summed E-state index contributed by atoms with van der Waals surface area (Å²) in [4.78, 5) is 15.2. The minimum atomic E-state index is -4.58. The average molecular weight is 433 g/mol. The average Bonchev–Trinajstić information content (AvgIpc) is 3.05. The highest BCUT2D eigenvalue weighted by Gasteiger charge is 2.36. The molecule has 0 aromatic carbocycles. The Morgan fingerprint density at radius 1 is 1.22 bits per heavy atom. The van der Waals surface area contributed by atoms with Crippen LogP contribution in [0.3, 0.4) is 0 Å². The minimum absolute atomic E-state index is 0. The first-order valence-corrected chi connectivity index (χ1v) is 8.61. The minimum Gasteiger partial charge on any atom is -0.349 e. The molecule has 0 saturated carbocycles. The second kappa shape index (κ2) is 10.4. The Kier molecular flexibility index (Phi) is 9.26. The Morgan fingerprint density at radius 2 is 2.00 bits per heavy atom. The standard InChI is InChI=1S/C15H23F3N6O.2ClH/c16-15(17,18)14-22-12(23-24-14)8-21-13(25)3-1-2-11-10-4-9(6-20-11)5-19-7-10;;/h9-11,19-20H,1-8H2,(H,21,25)(H,22,23,24);2*1H/t9-,10+,11-;;/m0../s1. The SMILES string of the molecule is Cl.Cl.O=C(CCC[C@@H]1NC[C@@H]2CNC[C@H]1C2)NCc1nc(C(F)(F)F)n[nH]1. The molecule has 2 fully saturated rings. The van der Waals surface area contributed by atoms with Crippen LogP contribution < -0.4 is 16.0 Å². The number of carbonyl (C=O) groups is 1. The molecule has 3 atom stereocenters. The fraction of sp³-hybridized carbons (Fsp3) is 0.800. The summed E-state index contributed by atoms with van der Waals surface area (Å²) in [5, 5.41) is 14.9. The highest BCUT2D eigenvalue weighted by Crippen LogP contribution is 2.27. The van der Waals surface area contributed by atoms with Crippen molar-refractivity contribution in [1.82, 2.24) is 31.1 Å². The number of carbonyl (C=O) groups excluding carboxylic acids is 1. The molecule has 4 N–H and O–H groups in total. The molecule has 1 aromatic heterocycles. The number of hydrogen-bond acceptors (Lipinski definition) is 5. The third kappa shape index (κ3) is 6.78. The quantitative estimate of drug-likeness (QED) is 0.548. The number of piperidine rings is 2. The van der Waals surface area contributed by atoms with Crippen molar-refractivity contribution >= 4 is 30.7 Å². The largest absolute Gasteiger partial charge is 0.453 e. The van der Waals surface area contributed by atoms with E-state index in [0.29, 0.717) is 24.3 Å². The molecule has 2 aliphatic heterocycles. The summed E-state index contributed by atoms with van der Waals surface area (Å²) in [6, 6.07) is 0.431. The van der Waals surface area contributed by atoms with Gasteiger partial charge in [-0.15, -0.1) is 29.9 Å². The van der Waals surface area contributed by atoms with Gasteiger partial charge in [-0.1, -0.05) is 0 Å². The Hall–Kier alpha value is -1.10. The Morgan fingerprint density at radius 3 is 2.70 bits per heavy atom. The van der Waals surface area contributed by atoms with Crippen molar-refractivity contribution in [3.63, 3.8) is 0 Å². The van der Waals surface area contributed by atoms with Gasteiger partial charge in [-0.05, 0) is 50.7 Å². The van der Waals surface area contributed by atoms with Gasteiger partial charge in [0.25, 0.3) is 5.82 Å². The number of amides is 1. The van der Waals surface area contributed by atoms with Gasteiger partial charge >= 0.3 is 6.18 Å². The normalized spacial score (nSPS) is 24.5.